The number of phenolic OH excluding ortho intramolecular Hbond substituents is 1. The maximum absolute atomic E-state index is 12.0. The minimum atomic E-state index is -2.04. The van der Waals surface area contributed by atoms with Gasteiger partial charge in [-0.3, -0.25) is 0 Å². The van der Waals surface area contributed by atoms with Crippen molar-refractivity contribution in [3.63, 3.8) is 0 Å². The van der Waals surface area contributed by atoms with Crippen LogP contribution in [0.1, 0.15) is 25.3 Å². The van der Waals surface area contributed by atoms with Crippen LogP contribution in [0.25, 0.3) is 6.08 Å². The van der Waals surface area contributed by atoms with Gasteiger partial charge in [0.15, 0.2) is 5.60 Å². The Hall–Kier alpha value is -2.42. The molecule has 26 heavy (non-hydrogen) atoms. The van der Waals surface area contributed by atoms with Crippen molar-refractivity contribution in [2.24, 2.45) is 0 Å². The number of ether oxygens (including phenoxy) is 2. The molecule has 0 unspecified atom stereocenters. The van der Waals surface area contributed by atoms with E-state index in [1.807, 2.05) is 0 Å². The Labute approximate surface area is 150 Å². The fourth-order valence-corrected chi connectivity index (χ4v) is 2.73. The molecular formula is C18H22O8. The van der Waals surface area contributed by atoms with Crippen molar-refractivity contribution in [3.8, 4) is 5.75 Å². The molecular weight excluding hydrogens is 344 g/mol. The summed E-state index contributed by atoms with van der Waals surface area (Å²) in [4.78, 5) is 23.9. The number of benzene rings is 1. The SMILES string of the molecule is CCOC(=O)[C@]1(O)C[C@@H](O)[C@@H](O)[C@H](OC(=O)/C=C/c2ccc(O)cc2)C1. The number of esters is 2. The third-order valence-corrected chi connectivity index (χ3v) is 4.09. The van der Waals surface area contributed by atoms with E-state index < -0.39 is 42.3 Å². The van der Waals surface area contributed by atoms with Gasteiger partial charge in [0, 0.05) is 18.9 Å². The molecule has 1 fully saturated rings. The van der Waals surface area contributed by atoms with Gasteiger partial charge in [-0.15, -0.1) is 0 Å². The molecule has 0 aliphatic heterocycles. The second kappa shape index (κ2) is 8.31. The van der Waals surface area contributed by atoms with Crippen LogP contribution in [0.4, 0.5) is 0 Å². The number of phenols is 1. The normalized spacial score (nSPS) is 28.7. The highest BCUT2D eigenvalue weighted by atomic mass is 16.6. The van der Waals surface area contributed by atoms with Crippen LogP contribution in [0, 0.1) is 0 Å². The third kappa shape index (κ3) is 4.81. The molecule has 1 saturated carbocycles. The standard InChI is InChI=1S/C18H22O8/c1-2-25-17(23)18(24)9-13(20)16(22)14(10-18)26-15(21)8-5-11-3-6-12(19)7-4-11/h3-8,13-14,16,19-20,22,24H,2,9-10H2,1H3/b8-5+/t13-,14-,16-,18+/m1/s1. The predicted molar refractivity (Wildman–Crippen MR) is 89.9 cm³/mol. The lowest BCUT2D eigenvalue weighted by Crippen LogP contribution is -2.57. The van der Waals surface area contributed by atoms with E-state index in [1.165, 1.54) is 18.2 Å². The van der Waals surface area contributed by atoms with E-state index in [2.05, 4.69) is 0 Å². The molecule has 1 aliphatic rings. The fourth-order valence-electron chi connectivity index (χ4n) is 2.73. The highest BCUT2D eigenvalue weighted by Crippen LogP contribution is 2.32. The molecule has 8 nitrogen and oxygen atoms in total. The van der Waals surface area contributed by atoms with Crippen LogP contribution < -0.4 is 0 Å². The number of aromatic hydroxyl groups is 1. The first kappa shape index (κ1) is 19.9. The summed E-state index contributed by atoms with van der Waals surface area (Å²) in [6.07, 6.45) is -2.42. The van der Waals surface area contributed by atoms with Crippen molar-refractivity contribution < 1.29 is 39.5 Å². The second-order valence-electron chi connectivity index (χ2n) is 6.12. The van der Waals surface area contributed by atoms with Gasteiger partial charge in [0.25, 0.3) is 0 Å². The van der Waals surface area contributed by atoms with Gasteiger partial charge < -0.3 is 29.9 Å². The van der Waals surface area contributed by atoms with Crippen molar-refractivity contribution in [2.75, 3.05) is 6.61 Å². The number of carbonyl (C=O) groups excluding carboxylic acids is 2. The van der Waals surface area contributed by atoms with Gasteiger partial charge in [-0.25, -0.2) is 9.59 Å². The Kier molecular flexibility index (Phi) is 6.36. The summed E-state index contributed by atoms with van der Waals surface area (Å²) in [5.41, 5.74) is -1.41. The quantitative estimate of drug-likeness (QED) is 0.427. The molecule has 0 aromatic heterocycles. The molecule has 1 aromatic rings. The number of hydrogen-bond acceptors (Lipinski definition) is 8. The molecule has 142 valence electrons. The number of rotatable bonds is 5. The number of carbonyl (C=O) groups is 2. The minimum absolute atomic E-state index is 0.0413. The van der Waals surface area contributed by atoms with Gasteiger partial charge in [-0.05, 0) is 30.7 Å². The predicted octanol–water partition coefficient (Wildman–Crippen LogP) is 0.127. The van der Waals surface area contributed by atoms with Crippen molar-refractivity contribution >= 4 is 18.0 Å². The molecule has 0 radical (unpaired) electrons. The summed E-state index contributed by atoms with van der Waals surface area (Å²) >= 11 is 0. The van der Waals surface area contributed by atoms with E-state index in [1.54, 1.807) is 19.1 Å². The van der Waals surface area contributed by atoms with Gasteiger partial charge in [0.2, 0.25) is 0 Å². The van der Waals surface area contributed by atoms with Gasteiger partial charge in [0.1, 0.15) is 18.0 Å². The Morgan fingerprint density at radius 3 is 2.50 bits per heavy atom. The van der Waals surface area contributed by atoms with E-state index in [-0.39, 0.29) is 18.8 Å². The summed E-state index contributed by atoms with van der Waals surface area (Å²) in [6, 6.07) is 6.06. The molecule has 1 aliphatic carbocycles. The average molecular weight is 366 g/mol. The molecule has 0 amide bonds. The lowest BCUT2D eigenvalue weighted by atomic mass is 9.79. The molecule has 2 rings (SSSR count). The summed E-state index contributed by atoms with van der Waals surface area (Å²) in [7, 11) is 0. The zero-order valence-corrected chi connectivity index (χ0v) is 14.2. The Bertz CT molecular complexity index is 668. The highest BCUT2D eigenvalue weighted by molar-refractivity contribution is 5.87. The van der Waals surface area contributed by atoms with Crippen molar-refractivity contribution in [2.45, 2.75) is 43.7 Å². The molecule has 0 saturated heterocycles. The van der Waals surface area contributed by atoms with Crippen LogP contribution in [-0.4, -0.2) is 62.9 Å². The van der Waals surface area contributed by atoms with Crippen molar-refractivity contribution in [3.05, 3.63) is 35.9 Å². The molecule has 1 aromatic carbocycles. The van der Waals surface area contributed by atoms with E-state index in [0.717, 1.165) is 6.08 Å². The van der Waals surface area contributed by atoms with Crippen molar-refractivity contribution in [1.82, 2.24) is 0 Å². The summed E-state index contributed by atoms with van der Waals surface area (Å²) in [5.74, 6) is -1.67. The Balaban J connectivity index is 2.04. The highest BCUT2D eigenvalue weighted by Gasteiger charge is 2.51. The van der Waals surface area contributed by atoms with Crippen molar-refractivity contribution in [1.29, 1.82) is 0 Å². The lowest BCUT2D eigenvalue weighted by Gasteiger charge is -2.39. The average Bonchev–Trinajstić information content (AvgIpc) is 2.59. The fraction of sp³-hybridized carbons (Fsp3) is 0.444. The number of hydrogen-bond donors (Lipinski definition) is 4. The first-order valence-corrected chi connectivity index (χ1v) is 8.18. The monoisotopic (exact) mass is 366 g/mol. The van der Waals surface area contributed by atoms with Gasteiger partial charge in [0.05, 0.1) is 12.7 Å². The summed E-state index contributed by atoms with van der Waals surface area (Å²) < 4.78 is 9.87. The lowest BCUT2D eigenvalue weighted by molar-refractivity contribution is -0.199. The molecule has 4 N–H and O–H groups in total. The molecule has 0 spiro atoms. The first-order chi connectivity index (χ1) is 12.2. The molecule has 8 heteroatoms. The number of aliphatic hydroxyl groups excluding tert-OH is 2. The Morgan fingerprint density at radius 2 is 1.88 bits per heavy atom. The van der Waals surface area contributed by atoms with Crippen LogP contribution >= 0.6 is 0 Å². The molecule has 0 heterocycles. The maximum Gasteiger partial charge on any atom is 0.338 e. The Morgan fingerprint density at radius 1 is 1.23 bits per heavy atom. The molecule has 0 bridgehead atoms. The topological polar surface area (TPSA) is 134 Å². The maximum atomic E-state index is 12.0. The van der Waals surface area contributed by atoms with Crippen LogP contribution in [0.5, 0.6) is 5.75 Å². The van der Waals surface area contributed by atoms with Gasteiger partial charge in [-0.2, -0.15) is 0 Å². The zero-order valence-electron chi connectivity index (χ0n) is 14.2. The largest absolute Gasteiger partial charge is 0.508 e. The third-order valence-electron chi connectivity index (χ3n) is 4.09. The summed E-state index contributed by atoms with van der Waals surface area (Å²) in [6.45, 7) is 1.61. The minimum Gasteiger partial charge on any atom is -0.508 e. The van der Waals surface area contributed by atoms with Crippen LogP contribution in [0.3, 0.4) is 0 Å². The zero-order chi connectivity index (χ0) is 19.3. The smallest absolute Gasteiger partial charge is 0.338 e. The van der Waals surface area contributed by atoms with Crippen LogP contribution in [-0.2, 0) is 19.1 Å². The molecule has 4 atom stereocenters. The van der Waals surface area contributed by atoms with E-state index in [0.29, 0.717) is 5.56 Å². The van der Waals surface area contributed by atoms with Gasteiger partial charge >= 0.3 is 11.9 Å². The van der Waals surface area contributed by atoms with E-state index in [4.69, 9.17) is 9.47 Å². The van der Waals surface area contributed by atoms with Crippen LogP contribution in [0.2, 0.25) is 0 Å². The van der Waals surface area contributed by atoms with Gasteiger partial charge in [-0.1, -0.05) is 12.1 Å². The summed E-state index contributed by atoms with van der Waals surface area (Å²) in [5, 5.41) is 39.5. The first-order valence-electron chi connectivity index (χ1n) is 8.18. The number of aliphatic hydroxyl groups is 3. The van der Waals surface area contributed by atoms with E-state index >= 15 is 0 Å². The second-order valence-corrected chi connectivity index (χ2v) is 6.12. The van der Waals surface area contributed by atoms with Crippen LogP contribution in [0.15, 0.2) is 30.3 Å². The van der Waals surface area contributed by atoms with E-state index in [9.17, 15) is 30.0 Å².